The van der Waals surface area contributed by atoms with Gasteiger partial charge in [-0.3, -0.25) is 0 Å². The zero-order valence-electron chi connectivity index (χ0n) is 22.2. The number of aromatic carboxylic acids is 1. The molecule has 0 bridgehead atoms. The summed E-state index contributed by atoms with van der Waals surface area (Å²) in [5.74, 6) is -1.66. The van der Waals surface area contributed by atoms with Crippen LogP contribution in [0.1, 0.15) is 47.2 Å². The maximum Gasteiger partial charge on any atom is 0.394 e. The normalized spacial score (nSPS) is 15.0. The van der Waals surface area contributed by atoms with Crippen molar-refractivity contribution in [2.24, 2.45) is 11.1 Å². The molecule has 222 valence electrons. The minimum absolute atomic E-state index is 0. The number of halogens is 4. The summed E-state index contributed by atoms with van der Waals surface area (Å²) in [6.07, 6.45) is -4.09. The first-order valence-corrected chi connectivity index (χ1v) is 14.0. The highest BCUT2D eigenvalue weighted by molar-refractivity contribution is 7.92. The van der Waals surface area contributed by atoms with Gasteiger partial charge in [0, 0.05) is 17.7 Å². The molecule has 1 fully saturated rings. The molecule has 4 rings (SSSR count). The van der Waals surface area contributed by atoms with Crippen molar-refractivity contribution in [3.05, 3.63) is 65.2 Å². The number of anilines is 1. The predicted molar refractivity (Wildman–Crippen MR) is 149 cm³/mol. The molecule has 3 aromatic rings. The molecule has 0 aliphatic heterocycles. The Labute approximate surface area is 241 Å². The van der Waals surface area contributed by atoms with E-state index in [1.165, 1.54) is 24.3 Å². The number of nitrogens with one attached hydrogen (secondary N) is 1. The lowest BCUT2D eigenvalue weighted by molar-refractivity contribution is -0.189. The Morgan fingerprint density at radius 3 is 2.34 bits per heavy atom. The Hall–Kier alpha value is -3.42. The number of hydrogen-bond donors (Lipinski definition) is 3. The Bertz CT molecular complexity index is 1510. The number of hydrogen-bond acceptors (Lipinski definition) is 7. The van der Waals surface area contributed by atoms with E-state index < -0.39 is 33.6 Å². The minimum atomic E-state index is -4.29. The van der Waals surface area contributed by atoms with Crippen LogP contribution in [0.25, 0.3) is 11.3 Å². The monoisotopic (exact) mass is 614 g/mol. The zero-order chi connectivity index (χ0) is 29.3. The first-order chi connectivity index (χ1) is 18.7. The molecule has 1 aliphatic carbocycles. The number of nitrogens with two attached hydrogens (primary N) is 1. The Kier molecular flexibility index (Phi) is 9.56. The Balaban J connectivity index is 0.00000462. The molecular weight excluding hydrogens is 585 g/mol. The summed E-state index contributed by atoms with van der Waals surface area (Å²) in [6, 6.07) is 11.2. The number of alkyl halides is 3. The van der Waals surface area contributed by atoms with Crippen LogP contribution in [0.5, 0.6) is 5.88 Å². The third-order valence-corrected chi connectivity index (χ3v) is 8.28. The van der Waals surface area contributed by atoms with Crippen molar-refractivity contribution < 1.29 is 36.2 Å². The van der Waals surface area contributed by atoms with Gasteiger partial charge in [-0.1, -0.05) is 24.3 Å². The van der Waals surface area contributed by atoms with E-state index >= 15 is 0 Å². The van der Waals surface area contributed by atoms with E-state index in [4.69, 9.17) is 10.5 Å². The summed E-state index contributed by atoms with van der Waals surface area (Å²) in [5, 5.41) is 9.22. The van der Waals surface area contributed by atoms with E-state index in [0.717, 1.165) is 17.2 Å². The summed E-state index contributed by atoms with van der Waals surface area (Å²) < 4.78 is 73.9. The van der Waals surface area contributed by atoms with Crippen LogP contribution in [0, 0.1) is 19.3 Å². The van der Waals surface area contributed by atoms with Crippen molar-refractivity contribution >= 4 is 34.3 Å². The summed E-state index contributed by atoms with van der Waals surface area (Å²) in [6.45, 7) is 3.57. The smallest absolute Gasteiger partial charge is 0.394 e. The standard InChI is InChI=1S/C27H29F3N4O5S.ClH/c1-16-5-3-6-17(2)23(16)21-14-22(39-15-19(31)9-10-26(11-12-26)27(28,29)30)33-25(32-21)34-40(37,38)20-8-4-7-18(13-20)24(35)36;/h3-8,13-14,19H,9-12,15,31H2,1-2H3,(H,35,36)(H,32,33,34);1H. The fourth-order valence-electron chi connectivity index (χ4n) is 4.43. The molecule has 4 N–H and O–H groups in total. The molecule has 2 aromatic carbocycles. The van der Waals surface area contributed by atoms with Gasteiger partial charge in [0.2, 0.25) is 11.8 Å². The molecule has 1 aromatic heterocycles. The number of aromatic nitrogens is 2. The van der Waals surface area contributed by atoms with Gasteiger partial charge in [0.15, 0.2) is 0 Å². The van der Waals surface area contributed by atoms with Crippen molar-refractivity contribution in [1.29, 1.82) is 0 Å². The van der Waals surface area contributed by atoms with Crippen LogP contribution in [0.3, 0.4) is 0 Å². The number of sulfonamides is 1. The van der Waals surface area contributed by atoms with Crippen molar-refractivity contribution in [2.75, 3.05) is 11.3 Å². The van der Waals surface area contributed by atoms with Crippen molar-refractivity contribution in [3.63, 3.8) is 0 Å². The number of nitrogens with zero attached hydrogens (tertiary/aromatic N) is 2. The highest BCUT2D eigenvalue weighted by atomic mass is 35.5. The summed E-state index contributed by atoms with van der Waals surface area (Å²) >= 11 is 0. The van der Waals surface area contributed by atoms with Crippen LogP contribution in [-0.4, -0.2) is 48.3 Å². The average Bonchev–Trinajstić information content (AvgIpc) is 3.67. The van der Waals surface area contributed by atoms with Crippen LogP contribution < -0.4 is 15.2 Å². The number of ether oxygens (including phenoxy) is 1. The molecule has 1 atom stereocenters. The third-order valence-electron chi connectivity index (χ3n) is 6.95. The van der Waals surface area contributed by atoms with Crippen LogP contribution in [0.4, 0.5) is 19.1 Å². The fourth-order valence-corrected chi connectivity index (χ4v) is 5.42. The van der Waals surface area contributed by atoms with E-state index in [-0.39, 0.29) is 67.0 Å². The van der Waals surface area contributed by atoms with Gasteiger partial charge >= 0.3 is 12.1 Å². The molecule has 41 heavy (non-hydrogen) atoms. The molecule has 1 aliphatic rings. The van der Waals surface area contributed by atoms with E-state index in [1.807, 2.05) is 32.0 Å². The lowest BCUT2D eigenvalue weighted by atomic mass is 9.97. The van der Waals surface area contributed by atoms with Crippen molar-refractivity contribution in [1.82, 2.24) is 9.97 Å². The largest absolute Gasteiger partial charge is 0.478 e. The van der Waals surface area contributed by atoms with Crippen molar-refractivity contribution in [2.45, 2.75) is 56.6 Å². The molecule has 0 amide bonds. The second-order valence-electron chi connectivity index (χ2n) is 10.0. The fraction of sp³-hybridized carbons (Fsp3) is 0.370. The maximum atomic E-state index is 13.3. The molecule has 0 spiro atoms. The summed E-state index contributed by atoms with van der Waals surface area (Å²) in [7, 11) is -4.29. The van der Waals surface area contributed by atoms with Gasteiger partial charge in [-0.25, -0.2) is 22.9 Å². The van der Waals surface area contributed by atoms with Gasteiger partial charge in [-0.2, -0.15) is 18.2 Å². The number of carboxylic acids is 1. The van der Waals surface area contributed by atoms with E-state index in [9.17, 15) is 31.5 Å². The SMILES string of the molecule is Cc1cccc(C)c1-c1cc(OCC(N)CCC2(C(F)(F)F)CC2)nc(NS(=O)(=O)c2cccc(C(=O)O)c2)n1.Cl. The molecule has 0 saturated heterocycles. The van der Waals surface area contributed by atoms with Gasteiger partial charge in [-0.15, -0.1) is 12.4 Å². The van der Waals surface area contributed by atoms with Gasteiger partial charge in [0.05, 0.1) is 21.6 Å². The van der Waals surface area contributed by atoms with Crippen LogP contribution in [-0.2, 0) is 10.0 Å². The highest BCUT2D eigenvalue weighted by Crippen LogP contribution is 2.60. The second kappa shape index (κ2) is 12.2. The average molecular weight is 615 g/mol. The van der Waals surface area contributed by atoms with Gasteiger partial charge in [-0.05, 0) is 68.9 Å². The number of benzene rings is 2. The Morgan fingerprint density at radius 2 is 1.76 bits per heavy atom. The highest BCUT2D eigenvalue weighted by Gasteiger charge is 2.62. The lowest BCUT2D eigenvalue weighted by Gasteiger charge is -2.21. The van der Waals surface area contributed by atoms with Crippen molar-refractivity contribution in [3.8, 4) is 17.1 Å². The maximum absolute atomic E-state index is 13.3. The molecule has 1 saturated carbocycles. The minimum Gasteiger partial charge on any atom is -0.478 e. The van der Waals surface area contributed by atoms with Gasteiger partial charge < -0.3 is 15.6 Å². The number of carbonyl (C=O) groups is 1. The topological polar surface area (TPSA) is 144 Å². The molecule has 1 unspecified atom stereocenters. The van der Waals surface area contributed by atoms with E-state index in [0.29, 0.717) is 11.3 Å². The van der Waals surface area contributed by atoms with Crippen LogP contribution >= 0.6 is 12.4 Å². The zero-order valence-corrected chi connectivity index (χ0v) is 23.9. The van der Waals surface area contributed by atoms with Crippen LogP contribution in [0.2, 0.25) is 0 Å². The molecular formula is C27H30ClF3N4O5S. The predicted octanol–water partition coefficient (Wildman–Crippen LogP) is 5.51. The molecule has 1 heterocycles. The summed E-state index contributed by atoms with van der Waals surface area (Å²) in [5.41, 5.74) is 6.94. The molecule has 14 heteroatoms. The quantitative estimate of drug-likeness (QED) is 0.256. The van der Waals surface area contributed by atoms with E-state index in [1.54, 1.807) is 0 Å². The first kappa shape index (κ1) is 32.1. The number of carboxylic acid groups (broad SMARTS) is 1. The molecule has 0 radical (unpaired) electrons. The number of aryl methyl sites for hydroxylation is 2. The third kappa shape index (κ3) is 7.46. The second-order valence-corrected chi connectivity index (χ2v) is 11.7. The Morgan fingerprint density at radius 1 is 1.12 bits per heavy atom. The van der Waals surface area contributed by atoms with Crippen LogP contribution in [0.15, 0.2) is 53.4 Å². The first-order valence-electron chi connectivity index (χ1n) is 12.5. The van der Waals surface area contributed by atoms with E-state index in [2.05, 4.69) is 14.7 Å². The number of rotatable bonds is 11. The van der Waals surface area contributed by atoms with Gasteiger partial charge in [0.1, 0.15) is 6.61 Å². The summed E-state index contributed by atoms with van der Waals surface area (Å²) in [4.78, 5) is 19.5. The molecule has 9 nitrogen and oxygen atoms in total. The lowest BCUT2D eigenvalue weighted by Crippen LogP contribution is -2.32. The van der Waals surface area contributed by atoms with Gasteiger partial charge in [0.25, 0.3) is 10.0 Å².